The molecule has 6 heteroatoms. The molecule has 0 unspecified atom stereocenters. The maximum atomic E-state index is 10.4. The van der Waals surface area contributed by atoms with Crippen LogP contribution >= 0.6 is 15.9 Å². The minimum atomic E-state index is -0.693. The van der Waals surface area contributed by atoms with Crippen LogP contribution in [-0.2, 0) is 0 Å². The van der Waals surface area contributed by atoms with E-state index >= 15 is 0 Å². The Hall–Kier alpha value is -1.56. The number of ether oxygens (including phenoxy) is 1. The Balaban J connectivity index is 2.73. The average Bonchev–Trinajstić information content (AvgIpc) is 2.21. The molecule has 86 valence electrons. The predicted octanol–water partition coefficient (Wildman–Crippen LogP) is 1.85. The SMILES string of the molecule is CCOc1ccc(C=NNC(N)=O)cc1Br. The molecule has 1 rings (SSSR count). The Bertz CT molecular complexity index is 407. The molecular formula is C10H12BrN3O2. The smallest absolute Gasteiger partial charge is 0.332 e. The van der Waals surface area contributed by atoms with Gasteiger partial charge in [0.1, 0.15) is 5.75 Å². The van der Waals surface area contributed by atoms with Gasteiger partial charge in [0.05, 0.1) is 17.3 Å². The van der Waals surface area contributed by atoms with E-state index in [1.165, 1.54) is 6.21 Å². The van der Waals surface area contributed by atoms with Crippen LogP contribution in [0.1, 0.15) is 12.5 Å². The molecule has 0 radical (unpaired) electrons. The van der Waals surface area contributed by atoms with Gasteiger partial charge >= 0.3 is 6.03 Å². The van der Waals surface area contributed by atoms with Crippen molar-refractivity contribution < 1.29 is 9.53 Å². The van der Waals surface area contributed by atoms with Gasteiger partial charge in [-0.05, 0) is 46.6 Å². The van der Waals surface area contributed by atoms with Gasteiger partial charge < -0.3 is 10.5 Å². The van der Waals surface area contributed by atoms with Gasteiger partial charge in [-0.1, -0.05) is 0 Å². The predicted molar refractivity (Wildman–Crippen MR) is 65.6 cm³/mol. The fourth-order valence-electron chi connectivity index (χ4n) is 1.04. The second kappa shape index (κ2) is 6.12. The summed E-state index contributed by atoms with van der Waals surface area (Å²) in [5.41, 5.74) is 7.80. The number of hydrazone groups is 1. The largest absolute Gasteiger partial charge is 0.493 e. The van der Waals surface area contributed by atoms with Gasteiger partial charge in [0, 0.05) is 0 Å². The third-order valence-corrected chi connectivity index (χ3v) is 2.26. The number of carbonyl (C=O) groups excluding carboxylic acids is 1. The van der Waals surface area contributed by atoms with Crippen LogP contribution in [0.4, 0.5) is 4.79 Å². The summed E-state index contributed by atoms with van der Waals surface area (Å²) >= 11 is 3.37. The van der Waals surface area contributed by atoms with Gasteiger partial charge in [-0.15, -0.1) is 0 Å². The fraction of sp³-hybridized carbons (Fsp3) is 0.200. The van der Waals surface area contributed by atoms with E-state index < -0.39 is 6.03 Å². The summed E-state index contributed by atoms with van der Waals surface area (Å²) in [4.78, 5) is 10.4. The van der Waals surface area contributed by atoms with E-state index in [4.69, 9.17) is 10.5 Å². The number of hydrogen-bond donors (Lipinski definition) is 2. The van der Waals surface area contributed by atoms with Crippen LogP contribution in [0, 0.1) is 0 Å². The maximum Gasteiger partial charge on any atom is 0.332 e. The number of benzene rings is 1. The fourth-order valence-corrected chi connectivity index (χ4v) is 1.55. The molecule has 3 N–H and O–H groups in total. The molecule has 0 fully saturated rings. The highest BCUT2D eigenvalue weighted by atomic mass is 79.9. The molecule has 1 aromatic carbocycles. The first kappa shape index (κ1) is 12.5. The van der Waals surface area contributed by atoms with E-state index in [9.17, 15) is 4.79 Å². The van der Waals surface area contributed by atoms with E-state index in [0.29, 0.717) is 6.61 Å². The second-order valence-electron chi connectivity index (χ2n) is 2.86. The van der Waals surface area contributed by atoms with Crippen LogP contribution in [0.15, 0.2) is 27.8 Å². The minimum Gasteiger partial charge on any atom is -0.493 e. The quantitative estimate of drug-likeness (QED) is 0.654. The van der Waals surface area contributed by atoms with Gasteiger partial charge in [0.2, 0.25) is 0 Å². The lowest BCUT2D eigenvalue weighted by Crippen LogP contribution is -2.24. The molecule has 0 saturated heterocycles. The van der Waals surface area contributed by atoms with Crippen molar-refractivity contribution in [3.8, 4) is 5.75 Å². The van der Waals surface area contributed by atoms with E-state index in [0.717, 1.165) is 15.8 Å². The minimum absolute atomic E-state index is 0.606. The summed E-state index contributed by atoms with van der Waals surface area (Å²) in [5.74, 6) is 0.766. The van der Waals surface area contributed by atoms with Gasteiger partial charge in [0.25, 0.3) is 0 Å². The van der Waals surface area contributed by atoms with Crippen LogP contribution in [0.2, 0.25) is 0 Å². The molecule has 0 aliphatic carbocycles. The topological polar surface area (TPSA) is 76.7 Å². The molecule has 0 aliphatic heterocycles. The molecule has 5 nitrogen and oxygen atoms in total. The molecule has 0 saturated carbocycles. The number of nitrogens with two attached hydrogens (primary N) is 1. The average molecular weight is 286 g/mol. The summed E-state index contributed by atoms with van der Waals surface area (Å²) in [6, 6.07) is 4.78. The number of nitrogens with zero attached hydrogens (tertiary/aromatic N) is 1. The van der Waals surface area contributed by atoms with Crippen molar-refractivity contribution in [1.82, 2.24) is 5.43 Å². The highest BCUT2D eigenvalue weighted by Crippen LogP contribution is 2.25. The summed E-state index contributed by atoms with van der Waals surface area (Å²) < 4.78 is 6.18. The van der Waals surface area contributed by atoms with Crippen LogP contribution in [0.5, 0.6) is 5.75 Å². The van der Waals surface area contributed by atoms with E-state index in [1.54, 1.807) is 0 Å². The Morgan fingerprint density at radius 2 is 2.44 bits per heavy atom. The zero-order valence-electron chi connectivity index (χ0n) is 8.74. The van der Waals surface area contributed by atoms with Crippen LogP contribution in [-0.4, -0.2) is 18.9 Å². The number of carbonyl (C=O) groups is 1. The molecule has 1 aromatic rings. The molecule has 0 aromatic heterocycles. The number of primary amides is 1. The first-order valence-corrected chi connectivity index (χ1v) is 5.43. The van der Waals surface area contributed by atoms with Gasteiger partial charge in [0.15, 0.2) is 0 Å². The highest BCUT2D eigenvalue weighted by Gasteiger charge is 2.00. The lowest BCUT2D eigenvalue weighted by Gasteiger charge is -2.05. The Morgan fingerprint density at radius 1 is 1.69 bits per heavy atom. The molecule has 2 amide bonds. The monoisotopic (exact) mass is 285 g/mol. The molecule has 0 heterocycles. The normalized spacial score (nSPS) is 10.4. The summed E-state index contributed by atoms with van der Waals surface area (Å²) in [6.45, 7) is 2.52. The highest BCUT2D eigenvalue weighted by molar-refractivity contribution is 9.10. The third-order valence-electron chi connectivity index (χ3n) is 1.64. The first-order valence-electron chi connectivity index (χ1n) is 4.64. The summed E-state index contributed by atoms with van der Waals surface area (Å²) in [6.07, 6.45) is 1.49. The molecular weight excluding hydrogens is 274 g/mol. The Morgan fingerprint density at radius 3 is 3.00 bits per heavy atom. The number of hydrogen-bond acceptors (Lipinski definition) is 3. The number of amides is 2. The van der Waals surface area contributed by atoms with Crippen molar-refractivity contribution in [3.63, 3.8) is 0 Å². The van der Waals surface area contributed by atoms with E-state index in [1.807, 2.05) is 25.1 Å². The lowest BCUT2D eigenvalue weighted by atomic mass is 10.2. The maximum absolute atomic E-state index is 10.4. The zero-order chi connectivity index (χ0) is 12.0. The van der Waals surface area contributed by atoms with Gasteiger partial charge in [-0.25, -0.2) is 10.2 Å². The third kappa shape index (κ3) is 3.90. The van der Waals surface area contributed by atoms with Crippen molar-refractivity contribution in [1.29, 1.82) is 0 Å². The number of halogens is 1. The van der Waals surface area contributed by atoms with Crippen LogP contribution in [0.3, 0.4) is 0 Å². The number of rotatable bonds is 4. The number of nitrogens with one attached hydrogen (secondary N) is 1. The molecule has 0 bridgehead atoms. The van der Waals surface area contributed by atoms with E-state index in [-0.39, 0.29) is 0 Å². The van der Waals surface area contributed by atoms with Crippen molar-refractivity contribution in [2.45, 2.75) is 6.92 Å². The van der Waals surface area contributed by atoms with Gasteiger partial charge in [-0.3, -0.25) is 0 Å². The van der Waals surface area contributed by atoms with Crippen molar-refractivity contribution in [2.75, 3.05) is 6.61 Å². The molecule has 16 heavy (non-hydrogen) atoms. The van der Waals surface area contributed by atoms with Crippen LogP contribution in [0.25, 0.3) is 0 Å². The lowest BCUT2D eigenvalue weighted by molar-refractivity contribution is 0.249. The van der Waals surface area contributed by atoms with Crippen LogP contribution < -0.4 is 15.9 Å². The van der Waals surface area contributed by atoms with E-state index in [2.05, 4.69) is 26.5 Å². The summed E-state index contributed by atoms with van der Waals surface area (Å²) in [5, 5.41) is 3.65. The van der Waals surface area contributed by atoms with Crippen molar-refractivity contribution in [2.24, 2.45) is 10.8 Å². The first-order chi connectivity index (χ1) is 7.63. The molecule has 0 spiro atoms. The van der Waals surface area contributed by atoms with Gasteiger partial charge in [-0.2, -0.15) is 5.10 Å². The Kier molecular flexibility index (Phi) is 4.78. The number of urea groups is 1. The zero-order valence-corrected chi connectivity index (χ0v) is 10.3. The standard InChI is InChI=1S/C10H12BrN3O2/c1-2-16-9-4-3-7(5-8(9)11)6-13-14-10(12)15/h3-6H,2H2,1H3,(H3,12,14,15). The second-order valence-corrected chi connectivity index (χ2v) is 3.71. The molecule has 0 aliphatic rings. The summed E-state index contributed by atoms with van der Waals surface area (Å²) in [7, 11) is 0. The molecule has 0 atom stereocenters. The van der Waals surface area contributed by atoms with Crippen molar-refractivity contribution >= 4 is 28.2 Å². The van der Waals surface area contributed by atoms with Crippen molar-refractivity contribution in [3.05, 3.63) is 28.2 Å². The Labute approximate surface area is 102 Å².